The molecule has 0 amide bonds. The lowest BCUT2D eigenvalue weighted by molar-refractivity contribution is 0.0763. The molecule has 2 rings (SSSR count). The van der Waals surface area contributed by atoms with Gasteiger partial charge in [0.25, 0.3) is 0 Å². The number of hydrogen-bond acceptors (Lipinski definition) is 3. The summed E-state index contributed by atoms with van der Waals surface area (Å²) >= 11 is 0. The Balaban J connectivity index is 1.86. The molecular weight excluding hydrogens is 210 g/mol. The molecule has 1 N–H and O–H groups in total. The van der Waals surface area contributed by atoms with Crippen LogP contribution in [0.1, 0.15) is 25.0 Å². The summed E-state index contributed by atoms with van der Waals surface area (Å²) in [5, 5.41) is 3.34. The molecule has 0 bridgehead atoms. The van der Waals surface area contributed by atoms with Gasteiger partial charge >= 0.3 is 0 Å². The van der Waals surface area contributed by atoms with E-state index in [-0.39, 0.29) is 0 Å². The molecule has 0 aliphatic heterocycles. The van der Waals surface area contributed by atoms with Crippen molar-refractivity contribution in [3.63, 3.8) is 0 Å². The maximum atomic E-state index is 4.38. The van der Waals surface area contributed by atoms with Gasteiger partial charge in [-0.05, 0) is 44.5 Å². The number of hydrogen-bond donors (Lipinski definition) is 1. The number of aromatic nitrogens is 1. The summed E-state index contributed by atoms with van der Waals surface area (Å²) in [6.45, 7) is 3.26. The number of nitrogens with one attached hydrogen (secondary N) is 1. The van der Waals surface area contributed by atoms with Gasteiger partial charge in [0.1, 0.15) is 0 Å². The van der Waals surface area contributed by atoms with Crippen LogP contribution in [0.2, 0.25) is 0 Å². The first kappa shape index (κ1) is 12.5. The number of pyridine rings is 1. The van der Waals surface area contributed by atoms with Gasteiger partial charge in [-0.2, -0.15) is 0 Å². The number of nitrogens with zero attached hydrogens (tertiary/aromatic N) is 2. The topological polar surface area (TPSA) is 28.2 Å². The van der Waals surface area contributed by atoms with Crippen molar-refractivity contribution in [2.45, 2.75) is 25.8 Å². The molecule has 0 aromatic carbocycles. The highest BCUT2D eigenvalue weighted by Crippen LogP contribution is 2.40. The molecule has 0 atom stereocenters. The second-order valence-electron chi connectivity index (χ2n) is 5.38. The van der Waals surface area contributed by atoms with E-state index in [9.17, 15) is 0 Å². The summed E-state index contributed by atoms with van der Waals surface area (Å²) in [5.74, 6) is 0. The summed E-state index contributed by atoms with van der Waals surface area (Å²) in [6, 6.07) is 6.13. The molecule has 1 aromatic rings. The highest BCUT2D eigenvalue weighted by molar-refractivity contribution is 5.03. The third-order valence-corrected chi connectivity index (χ3v) is 3.73. The van der Waals surface area contributed by atoms with E-state index in [1.54, 1.807) is 0 Å². The third kappa shape index (κ3) is 3.27. The summed E-state index contributed by atoms with van der Waals surface area (Å²) in [4.78, 5) is 6.78. The minimum Gasteiger partial charge on any atom is -0.319 e. The van der Waals surface area contributed by atoms with Gasteiger partial charge in [-0.3, -0.25) is 9.88 Å². The highest BCUT2D eigenvalue weighted by atomic mass is 15.1. The van der Waals surface area contributed by atoms with Gasteiger partial charge in [0.2, 0.25) is 0 Å². The summed E-state index contributed by atoms with van der Waals surface area (Å²) in [5.41, 5.74) is 1.67. The molecule has 17 heavy (non-hydrogen) atoms. The lowest BCUT2D eigenvalue weighted by atomic mass is 9.68. The first-order valence-electron chi connectivity index (χ1n) is 6.47. The minimum absolute atomic E-state index is 0.512. The van der Waals surface area contributed by atoms with Crippen LogP contribution in [0.5, 0.6) is 0 Å². The van der Waals surface area contributed by atoms with Gasteiger partial charge in [-0.1, -0.05) is 12.5 Å². The van der Waals surface area contributed by atoms with Crippen molar-refractivity contribution in [2.75, 3.05) is 27.2 Å². The van der Waals surface area contributed by atoms with Gasteiger partial charge in [0, 0.05) is 25.8 Å². The third-order valence-electron chi connectivity index (χ3n) is 3.73. The van der Waals surface area contributed by atoms with Crippen LogP contribution in [-0.4, -0.2) is 37.1 Å². The monoisotopic (exact) mass is 233 g/mol. The van der Waals surface area contributed by atoms with Crippen molar-refractivity contribution in [3.05, 3.63) is 30.1 Å². The largest absolute Gasteiger partial charge is 0.319 e. The Morgan fingerprint density at radius 2 is 2.24 bits per heavy atom. The van der Waals surface area contributed by atoms with Gasteiger partial charge in [0.15, 0.2) is 0 Å². The molecule has 0 spiro atoms. The molecule has 0 saturated heterocycles. The van der Waals surface area contributed by atoms with Crippen LogP contribution in [0.3, 0.4) is 0 Å². The predicted octanol–water partition coefficient (Wildman–Crippen LogP) is 1.90. The molecule has 0 radical (unpaired) electrons. The summed E-state index contributed by atoms with van der Waals surface area (Å²) < 4.78 is 0. The Labute approximate surface area is 104 Å². The minimum atomic E-state index is 0.512. The molecule has 1 fully saturated rings. The van der Waals surface area contributed by atoms with Gasteiger partial charge in [-0.15, -0.1) is 0 Å². The van der Waals surface area contributed by atoms with Crippen molar-refractivity contribution >= 4 is 0 Å². The maximum absolute atomic E-state index is 4.38. The Bertz CT molecular complexity index is 333. The lowest BCUT2D eigenvalue weighted by Crippen LogP contribution is -2.46. The van der Waals surface area contributed by atoms with Crippen molar-refractivity contribution < 1.29 is 0 Å². The van der Waals surface area contributed by atoms with E-state index in [4.69, 9.17) is 0 Å². The molecule has 94 valence electrons. The zero-order valence-corrected chi connectivity index (χ0v) is 10.9. The standard InChI is InChI=1S/C14H23N3/c1-15-11-14(7-5-8-14)12-17(2)10-13-6-3-4-9-16-13/h3-4,6,9,15H,5,7-8,10-12H2,1-2H3. The van der Waals surface area contributed by atoms with Gasteiger partial charge in [0.05, 0.1) is 5.69 Å². The van der Waals surface area contributed by atoms with Crippen molar-refractivity contribution in [2.24, 2.45) is 5.41 Å². The zero-order chi connectivity index (χ0) is 12.1. The van der Waals surface area contributed by atoms with E-state index in [1.807, 2.05) is 12.3 Å². The molecule has 1 saturated carbocycles. The summed E-state index contributed by atoms with van der Waals surface area (Å²) in [6.07, 6.45) is 5.98. The molecule has 1 aliphatic carbocycles. The molecule has 1 aliphatic rings. The normalized spacial score (nSPS) is 18.1. The average Bonchev–Trinajstić information content (AvgIpc) is 2.27. The predicted molar refractivity (Wildman–Crippen MR) is 70.8 cm³/mol. The molecule has 3 heteroatoms. The van der Waals surface area contributed by atoms with Gasteiger partial charge in [-0.25, -0.2) is 0 Å². The Morgan fingerprint density at radius 1 is 1.41 bits per heavy atom. The average molecular weight is 233 g/mol. The molecule has 0 unspecified atom stereocenters. The van der Waals surface area contributed by atoms with E-state index < -0.39 is 0 Å². The molecule has 1 aromatic heterocycles. The van der Waals surface area contributed by atoms with Crippen LogP contribution in [0.25, 0.3) is 0 Å². The maximum Gasteiger partial charge on any atom is 0.0543 e. The van der Waals surface area contributed by atoms with E-state index in [1.165, 1.54) is 25.8 Å². The fraction of sp³-hybridized carbons (Fsp3) is 0.643. The Kier molecular flexibility index (Phi) is 4.13. The second kappa shape index (κ2) is 5.61. The second-order valence-corrected chi connectivity index (χ2v) is 5.38. The lowest BCUT2D eigenvalue weighted by Gasteiger charge is -2.44. The van der Waals surface area contributed by atoms with Crippen molar-refractivity contribution in [3.8, 4) is 0 Å². The SMILES string of the molecule is CNCC1(CN(C)Cc2ccccn2)CCC1. The summed E-state index contributed by atoms with van der Waals surface area (Å²) in [7, 11) is 4.25. The van der Waals surface area contributed by atoms with E-state index in [0.717, 1.165) is 18.8 Å². The smallest absolute Gasteiger partial charge is 0.0543 e. The molecule has 3 nitrogen and oxygen atoms in total. The molecule has 1 heterocycles. The van der Waals surface area contributed by atoms with E-state index in [2.05, 4.69) is 41.4 Å². The van der Waals surface area contributed by atoms with Crippen LogP contribution in [-0.2, 0) is 6.54 Å². The van der Waals surface area contributed by atoms with Crippen molar-refractivity contribution in [1.82, 2.24) is 15.2 Å². The van der Waals surface area contributed by atoms with E-state index >= 15 is 0 Å². The fourth-order valence-corrected chi connectivity index (χ4v) is 2.84. The molecular formula is C14H23N3. The van der Waals surface area contributed by atoms with E-state index in [0.29, 0.717) is 5.41 Å². The zero-order valence-electron chi connectivity index (χ0n) is 10.9. The number of rotatable bonds is 6. The van der Waals surface area contributed by atoms with Gasteiger partial charge < -0.3 is 5.32 Å². The van der Waals surface area contributed by atoms with Crippen LogP contribution in [0, 0.1) is 5.41 Å². The highest BCUT2D eigenvalue weighted by Gasteiger charge is 2.36. The first-order chi connectivity index (χ1) is 8.24. The fourth-order valence-electron chi connectivity index (χ4n) is 2.84. The van der Waals surface area contributed by atoms with Crippen molar-refractivity contribution in [1.29, 1.82) is 0 Å². The van der Waals surface area contributed by atoms with Crippen LogP contribution < -0.4 is 5.32 Å². The van der Waals surface area contributed by atoms with Crippen LogP contribution >= 0.6 is 0 Å². The first-order valence-corrected chi connectivity index (χ1v) is 6.47. The Morgan fingerprint density at radius 3 is 2.76 bits per heavy atom. The quantitative estimate of drug-likeness (QED) is 0.813. The van der Waals surface area contributed by atoms with Crippen LogP contribution in [0.4, 0.5) is 0 Å². The Hall–Kier alpha value is -0.930. The van der Waals surface area contributed by atoms with Crippen LogP contribution in [0.15, 0.2) is 24.4 Å².